The topological polar surface area (TPSA) is 60.7 Å². The molecule has 100 valence electrons. The van der Waals surface area contributed by atoms with Gasteiger partial charge in [-0.3, -0.25) is 0 Å². The maximum Gasteiger partial charge on any atom is 0.123 e. The minimum absolute atomic E-state index is 0.0495. The lowest BCUT2D eigenvalue weighted by molar-refractivity contribution is 0.282. The van der Waals surface area contributed by atoms with E-state index in [0.29, 0.717) is 6.42 Å². The van der Waals surface area contributed by atoms with Crippen LogP contribution in [0.5, 0.6) is 5.75 Å². The summed E-state index contributed by atoms with van der Waals surface area (Å²) in [6.07, 6.45) is 1.45. The van der Waals surface area contributed by atoms with E-state index in [1.165, 1.54) is 0 Å². The summed E-state index contributed by atoms with van der Waals surface area (Å²) >= 11 is 0. The third kappa shape index (κ3) is 3.13. The van der Waals surface area contributed by atoms with Gasteiger partial charge in [0.25, 0.3) is 0 Å². The third-order valence-corrected chi connectivity index (χ3v) is 3.16. The molecule has 0 unspecified atom stereocenters. The van der Waals surface area contributed by atoms with Crippen LogP contribution in [0.2, 0.25) is 0 Å². The molecule has 0 aliphatic heterocycles. The second-order valence-electron chi connectivity index (χ2n) is 4.49. The van der Waals surface area contributed by atoms with Crippen molar-refractivity contribution in [2.75, 3.05) is 6.61 Å². The molecule has 0 saturated carbocycles. The summed E-state index contributed by atoms with van der Waals surface area (Å²) in [7, 11) is 0. The lowest BCUT2D eigenvalue weighted by atomic mass is 9.95. The highest BCUT2D eigenvalue weighted by atomic mass is 16.3. The third-order valence-electron chi connectivity index (χ3n) is 3.16. The molecule has 0 aliphatic rings. The Hall–Kier alpha value is -1.84. The van der Waals surface area contributed by atoms with Crippen molar-refractivity contribution in [2.45, 2.75) is 19.4 Å². The van der Waals surface area contributed by atoms with Crippen LogP contribution in [0.1, 0.15) is 17.5 Å². The average molecular weight is 258 g/mol. The molecular weight excluding hydrogens is 240 g/mol. The first-order valence-corrected chi connectivity index (χ1v) is 6.38. The quantitative estimate of drug-likeness (QED) is 0.772. The van der Waals surface area contributed by atoms with Crippen LogP contribution in [-0.2, 0) is 13.0 Å². The summed E-state index contributed by atoms with van der Waals surface area (Å²) in [5.41, 5.74) is 3.52. The van der Waals surface area contributed by atoms with Crippen molar-refractivity contribution in [1.82, 2.24) is 0 Å². The molecule has 0 saturated heterocycles. The fraction of sp³-hybridized carbons (Fsp3) is 0.250. The minimum Gasteiger partial charge on any atom is -0.507 e. The molecule has 3 nitrogen and oxygen atoms in total. The van der Waals surface area contributed by atoms with Gasteiger partial charge in [0.1, 0.15) is 5.75 Å². The number of benzene rings is 2. The molecule has 0 atom stereocenters. The Morgan fingerprint density at radius 1 is 0.895 bits per heavy atom. The maximum absolute atomic E-state index is 10.0. The van der Waals surface area contributed by atoms with E-state index >= 15 is 0 Å². The van der Waals surface area contributed by atoms with E-state index in [2.05, 4.69) is 0 Å². The van der Waals surface area contributed by atoms with Crippen LogP contribution >= 0.6 is 0 Å². The van der Waals surface area contributed by atoms with Crippen molar-refractivity contribution in [2.24, 2.45) is 0 Å². The molecular formula is C16H18O3. The van der Waals surface area contributed by atoms with Crippen molar-refractivity contribution >= 4 is 0 Å². The highest BCUT2D eigenvalue weighted by molar-refractivity contribution is 5.73. The van der Waals surface area contributed by atoms with Crippen LogP contribution in [-0.4, -0.2) is 21.9 Å². The number of aryl methyl sites for hydroxylation is 1. The largest absolute Gasteiger partial charge is 0.507 e. The summed E-state index contributed by atoms with van der Waals surface area (Å²) in [6, 6.07) is 12.9. The standard InChI is InChI=1S/C16H18O3/c17-9-3-5-13-4-1-2-6-14(13)15-10-12(11-18)7-8-16(15)19/h1-2,4,6-8,10,17-19H,3,5,9,11H2. The van der Waals surface area contributed by atoms with E-state index in [0.717, 1.165) is 28.7 Å². The number of aliphatic hydroxyl groups excluding tert-OH is 2. The first-order valence-electron chi connectivity index (χ1n) is 6.38. The molecule has 2 aromatic carbocycles. The second-order valence-corrected chi connectivity index (χ2v) is 4.49. The highest BCUT2D eigenvalue weighted by Gasteiger charge is 2.09. The fourth-order valence-corrected chi connectivity index (χ4v) is 2.17. The van der Waals surface area contributed by atoms with Crippen molar-refractivity contribution in [3.05, 3.63) is 53.6 Å². The SMILES string of the molecule is OCCCc1ccccc1-c1cc(CO)ccc1O. The molecule has 0 bridgehead atoms. The van der Waals surface area contributed by atoms with E-state index < -0.39 is 0 Å². The first-order chi connectivity index (χ1) is 9.26. The summed E-state index contributed by atoms with van der Waals surface area (Å²) in [4.78, 5) is 0. The van der Waals surface area contributed by atoms with E-state index in [1.54, 1.807) is 18.2 Å². The number of phenolic OH excluding ortho intramolecular Hbond substituents is 1. The van der Waals surface area contributed by atoms with E-state index in [4.69, 9.17) is 5.11 Å². The van der Waals surface area contributed by atoms with Gasteiger partial charge in [0.05, 0.1) is 6.61 Å². The van der Waals surface area contributed by atoms with Gasteiger partial charge in [0.15, 0.2) is 0 Å². The minimum atomic E-state index is -0.0495. The molecule has 19 heavy (non-hydrogen) atoms. The Bertz CT molecular complexity index is 549. The van der Waals surface area contributed by atoms with Crippen LogP contribution in [0.3, 0.4) is 0 Å². The Morgan fingerprint density at radius 3 is 2.42 bits per heavy atom. The number of phenols is 1. The second kappa shape index (κ2) is 6.36. The molecule has 3 heteroatoms. The molecule has 0 radical (unpaired) electrons. The zero-order chi connectivity index (χ0) is 13.7. The average Bonchev–Trinajstić information content (AvgIpc) is 2.46. The molecule has 0 aliphatic carbocycles. The van der Waals surface area contributed by atoms with Gasteiger partial charge in [-0.15, -0.1) is 0 Å². The summed E-state index contributed by atoms with van der Waals surface area (Å²) in [5.74, 6) is 0.202. The molecule has 2 rings (SSSR count). The maximum atomic E-state index is 10.0. The van der Waals surface area contributed by atoms with Gasteiger partial charge >= 0.3 is 0 Å². The van der Waals surface area contributed by atoms with Gasteiger partial charge in [0, 0.05) is 12.2 Å². The Labute approximate surface area is 112 Å². The van der Waals surface area contributed by atoms with Gasteiger partial charge in [0.2, 0.25) is 0 Å². The van der Waals surface area contributed by atoms with Crippen LogP contribution < -0.4 is 0 Å². The molecule has 2 aromatic rings. The lowest BCUT2D eigenvalue weighted by Crippen LogP contribution is -1.94. The Kier molecular flexibility index (Phi) is 4.55. The predicted molar refractivity (Wildman–Crippen MR) is 74.9 cm³/mol. The van der Waals surface area contributed by atoms with Crippen LogP contribution in [0.4, 0.5) is 0 Å². The predicted octanol–water partition coefficient (Wildman–Crippen LogP) is 2.48. The van der Waals surface area contributed by atoms with E-state index in [1.807, 2.05) is 24.3 Å². The molecule has 0 fully saturated rings. The molecule has 3 N–H and O–H groups in total. The zero-order valence-electron chi connectivity index (χ0n) is 10.7. The number of aliphatic hydroxyl groups is 2. The van der Waals surface area contributed by atoms with Crippen molar-refractivity contribution in [3.8, 4) is 16.9 Å². The van der Waals surface area contributed by atoms with Gasteiger partial charge < -0.3 is 15.3 Å². The van der Waals surface area contributed by atoms with E-state index in [-0.39, 0.29) is 19.0 Å². The Morgan fingerprint density at radius 2 is 1.68 bits per heavy atom. The highest BCUT2D eigenvalue weighted by Crippen LogP contribution is 2.33. The number of hydrogen-bond donors (Lipinski definition) is 3. The Balaban J connectivity index is 2.45. The molecule has 0 aromatic heterocycles. The zero-order valence-corrected chi connectivity index (χ0v) is 10.7. The van der Waals surface area contributed by atoms with Gasteiger partial charge in [-0.1, -0.05) is 30.3 Å². The summed E-state index contributed by atoms with van der Waals surface area (Å²) in [6.45, 7) is 0.100. The summed E-state index contributed by atoms with van der Waals surface area (Å²) < 4.78 is 0. The van der Waals surface area contributed by atoms with Crippen molar-refractivity contribution in [1.29, 1.82) is 0 Å². The van der Waals surface area contributed by atoms with Gasteiger partial charge in [-0.05, 0) is 41.7 Å². The van der Waals surface area contributed by atoms with Crippen LogP contribution in [0.25, 0.3) is 11.1 Å². The molecule has 0 amide bonds. The number of aromatic hydroxyl groups is 1. The van der Waals surface area contributed by atoms with E-state index in [9.17, 15) is 10.2 Å². The lowest BCUT2D eigenvalue weighted by Gasteiger charge is -2.12. The summed E-state index contributed by atoms with van der Waals surface area (Å²) in [5, 5.41) is 28.1. The van der Waals surface area contributed by atoms with Crippen molar-refractivity contribution in [3.63, 3.8) is 0 Å². The van der Waals surface area contributed by atoms with Crippen LogP contribution in [0.15, 0.2) is 42.5 Å². The number of rotatable bonds is 5. The monoisotopic (exact) mass is 258 g/mol. The van der Waals surface area contributed by atoms with Crippen LogP contribution in [0, 0.1) is 0 Å². The number of hydrogen-bond acceptors (Lipinski definition) is 3. The molecule has 0 spiro atoms. The smallest absolute Gasteiger partial charge is 0.123 e. The molecule has 0 heterocycles. The van der Waals surface area contributed by atoms with Gasteiger partial charge in [-0.25, -0.2) is 0 Å². The van der Waals surface area contributed by atoms with Crippen molar-refractivity contribution < 1.29 is 15.3 Å². The first kappa shape index (κ1) is 13.6. The fourth-order valence-electron chi connectivity index (χ4n) is 2.17. The van der Waals surface area contributed by atoms with Gasteiger partial charge in [-0.2, -0.15) is 0 Å². The normalized spacial score (nSPS) is 10.6.